The lowest BCUT2D eigenvalue weighted by atomic mass is 10.0. The monoisotopic (exact) mass is 1100 g/mol. The number of hydrogen-bond donors (Lipinski definition) is 0. The van der Waals surface area contributed by atoms with Crippen LogP contribution >= 0.6 is 0 Å². The molecule has 0 spiro atoms. The van der Waals surface area contributed by atoms with Crippen molar-refractivity contribution in [2.24, 2.45) is 0 Å². The minimum Gasteiger partial charge on any atom is -0.462 e. The van der Waals surface area contributed by atoms with Gasteiger partial charge < -0.3 is 14.2 Å². The van der Waals surface area contributed by atoms with Crippen LogP contribution in [0, 0.1) is 0 Å². The molecule has 0 aromatic heterocycles. The van der Waals surface area contributed by atoms with E-state index in [1.807, 2.05) is 0 Å². The van der Waals surface area contributed by atoms with Gasteiger partial charge in [-0.2, -0.15) is 0 Å². The van der Waals surface area contributed by atoms with E-state index in [4.69, 9.17) is 14.2 Å². The zero-order valence-electron chi connectivity index (χ0n) is 51.9. The molecule has 0 saturated carbocycles. The summed E-state index contributed by atoms with van der Waals surface area (Å²) in [5.74, 6) is -0.891. The molecule has 6 nitrogen and oxygen atoms in total. The number of hydrogen-bond acceptors (Lipinski definition) is 6. The lowest BCUT2D eigenvalue weighted by Crippen LogP contribution is -2.30. The van der Waals surface area contributed by atoms with Gasteiger partial charge in [-0.15, -0.1) is 0 Å². The van der Waals surface area contributed by atoms with Crippen LogP contribution in [0.3, 0.4) is 0 Å². The van der Waals surface area contributed by atoms with Crippen molar-refractivity contribution in [3.63, 3.8) is 0 Å². The summed E-state index contributed by atoms with van der Waals surface area (Å²) in [5.41, 5.74) is 0. The molecule has 0 bridgehead atoms. The predicted molar refractivity (Wildman–Crippen MR) is 343 cm³/mol. The summed E-state index contributed by atoms with van der Waals surface area (Å²) in [5, 5.41) is 0. The number of carbonyl (C=O) groups excluding carboxylic acids is 3. The summed E-state index contributed by atoms with van der Waals surface area (Å²) in [6.45, 7) is 6.49. The molecule has 0 rings (SSSR count). The molecule has 79 heavy (non-hydrogen) atoms. The van der Waals surface area contributed by atoms with E-state index in [-0.39, 0.29) is 31.1 Å². The Morgan fingerprint density at radius 2 is 0.506 bits per heavy atom. The third-order valence-corrected chi connectivity index (χ3v) is 14.2. The highest BCUT2D eigenvalue weighted by molar-refractivity contribution is 5.71. The topological polar surface area (TPSA) is 78.9 Å². The molecule has 0 aliphatic carbocycles. The van der Waals surface area contributed by atoms with Gasteiger partial charge in [0, 0.05) is 19.3 Å². The van der Waals surface area contributed by atoms with Crippen LogP contribution in [0.4, 0.5) is 0 Å². The van der Waals surface area contributed by atoms with Crippen LogP contribution < -0.4 is 0 Å². The Morgan fingerprint density at radius 3 is 0.823 bits per heavy atom. The smallest absolute Gasteiger partial charge is 0.306 e. The van der Waals surface area contributed by atoms with E-state index in [0.29, 0.717) is 19.3 Å². The third kappa shape index (κ3) is 64.8. The Morgan fingerprint density at radius 1 is 0.266 bits per heavy atom. The van der Waals surface area contributed by atoms with E-state index >= 15 is 0 Å². The first-order chi connectivity index (χ1) is 39.0. The fraction of sp³-hybridized carbons (Fsp3) is 0.712. The summed E-state index contributed by atoms with van der Waals surface area (Å²) in [6.07, 6.45) is 91.1. The second-order valence-electron chi connectivity index (χ2n) is 22.0. The Kier molecular flexibility index (Phi) is 63.3. The van der Waals surface area contributed by atoms with Gasteiger partial charge in [-0.1, -0.05) is 284 Å². The van der Waals surface area contributed by atoms with Crippen LogP contribution in [0.2, 0.25) is 0 Å². The molecule has 0 aliphatic heterocycles. The molecule has 0 saturated heterocycles. The van der Waals surface area contributed by atoms with E-state index in [2.05, 4.69) is 130 Å². The Balaban J connectivity index is 4.20. The van der Waals surface area contributed by atoms with Crippen LogP contribution in [0.5, 0.6) is 0 Å². The Bertz CT molecular complexity index is 1590. The van der Waals surface area contributed by atoms with E-state index in [0.717, 1.165) is 109 Å². The van der Waals surface area contributed by atoms with Crippen LogP contribution in [-0.2, 0) is 28.6 Å². The lowest BCUT2D eigenvalue weighted by molar-refractivity contribution is -0.167. The maximum atomic E-state index is 12.9. The van der Waals surface area contributed by atoms with Crippen LogP contribution in [0.25, 0.3) is 0 Å². The molecule has 1 unspecified atom stereocenters. The van der Waals surface area contributed by atoms with Gasteiger partial charge in [-0.3, -0.25) is 14.4 Å². The first-order valence-electron chi connectivity index (χ1n) is 33.4. The van der Waals surface area contributed by atoms with E-state index in [1.54, 1.807) is 0 Å². The number of rotatable bonds is 60. The van der Waals surface area contributed by atoms with E-state index < -0.39 is 6.10 Å². The van der Waals surface area contributed by atoms with Crippen molar-refractivity contribution in [3.05, 3.63) is 109 Å². The summed E-state index contributed by atoms with van der Waals surface area (Å²) >= 11 is 0. The highest BCUT2D eigenvalue weighted by Crippen LogP contribution is 2.16. The minimum atomic E-state index is -0.785. The van der Waals surface area contributed by atoms with E-state index in [9.17, 15) is 14.4 Å². The summed E-state index contributed by atoms with van der Waals surface area (Å²) in [4.78, 5) is 38.3. The minimum absolute atomic E-state index is 0.0826. The van der Waals surface area contributed by atoms with Crippen LogP contribution in [-0.4, -0.2) is 37.2 Å². The van der Waals surface area contributed by atoms with Gasteiger partial charge in [0.2, 0.25) is 0 Å². The molecule has 1 atom stereocenters. The second kappa shape index (κ2) is 66.6. The highest BCUT2D eigenvalue weighted by Gasteiger charge is 2.19. The van der Waals surface area contributed by atoms with Gasteiger partial charge in [-0.25, -0.2) is 0 Å². The number of ether oxygens (including phenoxy) is 3. The van der Waals surface area contributed by atoms with Crippen molar-refractivity contribution in [3.8, 4) is 0 Å². The normalized spacial score (nSPS) is 12.8. The SMILES string of the molecule is CC/C=C\C/C=C\C/C=C\C/C=C\C/C=C\C/C=C\C/C=C\CCCCCCCCCCCCCC(=O)OCC(COC(=O)CCCCCCC/C=C\CCCC)OC(=O)CCCCCCCCC/C=C\CCCCCCCC. The van der Waals surface area contributed by atoms with Gasteiger partial charge in [0.1, 0.15) is 13.2 Å². The fourth-order valence-electron chi connectivity index (χ4n) is 9.22. The van der Waals surface area contributed by atoms with E-state index in [1.165, 1.54) is 167 Å². The number of esters is 3. The molecule has 0 radical (unpaired) electrons. The van der Waals surface area contributed by atoms with Crippen molar-refractivity contribution in [1.82, 2.24) is 0 Å². The quantitative estimate of drug-likeness (QED) is 0.0261. The van der Waals surface area contributed by atoms with Gasteiger partial charge in [-0.05, 0) is 122 Å². The number of unbranched alkanes of at least 4 members (excludes halogenated alkanes) is 31. The Hall–Kier alpha value is -3.93. The zero-order valence-corrected chi connectivity index (χ0v) is 51.9. The largest absolute Gasteiger partial charge is 0.462 e. The van der Waals surface area contributed by atoms with Crippen LogP contribution in [0.1, 0.15) is 316 Å². The van der Waals surface area contributed by atoms with Gasteiger partial charge in [0.25, 0.3) is 0 Å². The molecule has 0 amide bonds. The highest BCUT2D eigenvalue weighted by atomic mass is 16.6. The number of carbonyl (C=O) groups is 3. The average Bonchev–Trinajstić information content (AvgIpc) is 3.45. The second-order valence-corrected chi connectivity index (χ2v) is 22.0. The van der Waals surface area contributed by atoms with Gasteiger partial charge in [0.15, 0.2) is 6.10 Å². The summed E-state index contributed by atoms with van der Waals surface area (Å²) in [7, 11) is 0. The molecule has 0 aromatic rings. The molecule has 0 heterocycles. The fourth-order valence-corrected chi connectivity index (χ4v) is 9.22. The molecular weight excluding hydrogens is 973 g/mol. The van der Waals surface area contributed by atoms with Crippen molar-refractivity contribution >= 4 is 17.9 Å². The maximum Gasteiger partial charge on any atom is 0.306 e. The predicted octanol–water partition coefficient (Wildman–Crippen LogP) is 23.0. The first kappa shape index (κ1) is 75.1. The van der Waals surface area contributed by atoms with Crippen molar-refractivity contribution in [2.75, 3.05) is 13.2 Å². The van der Waals surface area contributed by atoms with Crippen LogP contribution in [0.15, 0.2) is 109 Å². The average molecular weight is 1100 g/mol. The molecular formula is C73H124O6. The molecule has 6 heteroatoms. The summed E-state index contributed by atoms with van der Waals surface area (Å²) in [6, 6.07) is 0. The molecule has 0 fully saturated rings. The van der Waals surface area contributed by atoms with Gasteiger partial charge in [0.05, 0.1) is 0 Å². The van der Waals surface area contributed by atoms with Crippen molar-refractivity contribution < 1.29 is 28.6 Å². The van der Waals surface area contributed by atoms with Crippen molar-refractivity contribution in [2.45, 2.75) is 322 Å². The first-order valence-corrected chi connectivity index (χ1v) is 33.4. The van der Waals surface area contributed by atoms with Crippen molar-refractivity contribution in [1.29, 1.82) is 0 Å². The molecule has 0 N–H and O–H groups in total. The Labute approximate surface area is 489 Å². The maximum absolute atomic E-state index is 12.9. The standard InChI is InChI=1S/C73H124O6/c1-4-7-10-13-16-19-22-24-26-28-29-30-31-32-33-34-35-36-37-38-39-40-41-42-43-45-46-48-51-54-57-60-63-66-72(75)78-69-70(68-77-71(74)65-62-59-56-53-50-21-18-15-12-9-6-3)79-73(76)67-64-61-58-55-52-49-47-44-27-25-23-20-17-14-11-8-5-2/h7,10,15-16,18-19,24-27,29-30,32-33,35-36,38-39,70H,4-6,8-9,11-14,17,20-23,28,31,34,37,40-69H2,1-3H3/b10-7-,18-15-,19-16-,26-24-,27-25-,30-29-,33-32-,36-35-,39-38-. The molecule has 0 aliphatic rings. The summed E-state index contributed by atoms with van der Waals surface area (Å²) < 4.78 is 16.9. The molecule has 452 valence electrons. The van der Waals surface area contributed by atoms with Gasteiger partial charge >= 0.3 is 17.9 Å². The number of allylic oxidation sites excluding steroid dienone is 18. The third-order valence-electron chi connectivity index (χ3n) is 14.2. The zero-order chi connectivity index (χ0) is 57.1. The lowest BCUT2D eigenvalue weighted by Gasteiger charge is -2.18. The molecule has 0 aromatic carbocycles.